The van der Waals surface area contributed by atoms with Crippen molar-refractivity contribution in [1.82, 2.24) is 5.32 Å². The molecule has 3 N–H and O–H groups in total. The van der Waals surface area contributed by atoms with Crippen molar-refractivity contribution < 1.29 is 15.0 Å². The summed E-state index contributed by atoms with van der Waals surface area (Å²) in [5, 5.41) is 20.1. The van der Waals surface area contributed by atoms with E-state index in [0.29, 0.717) is 0 Å². The quantitative estimate of drug-likeness (QED) is 0.675. The minimum Gasteiger partial charge on any atom is -0.508 e. The van der Waals surface area contributed by atoms with Gasteiger partial charge >= 0.3 is 6.09 Å². The normalized spacial score (nSPS) is 11.0. The first-order valence-electron chi connectivity index (χ1n) is 4.22. The summed E-state index contributed by atoms with van der Waals surface area (Å²) >= 11 is 0. The van der Waals surface area contributed by atoms with Gasteiger partial charge in [-0.15, -0.1) is 0 Å². The highest BCUT2D eigenvalue weighted by atomic mass is 16.4. The van der Waals surface area contributed by atoms with Crippen molar-refractivity contribution in [3.05, 3.63) is 29.8 Å². The maximum absolute atomic E-state index is 10.5. The summed E-state index contributed by atoms with van der Waals surface area (Å²) in [5.41, 5.74) is 0.150. The van der Waals surface area contributed by atoms with E-state index >= 15 is 0 Å². The minimum atomic E-state index is -1.07. The van der Waals surface area contributed by atoms with E-state index in [1.807, 2.05) is 0 Å². The van der Waals surface area contributed by atoms with Gasteiger partial charge in [0.25, 0.3) is 0 Å². The molecule has 0 aliphatic carbocycles. The molecule has 0 saturated carbocycles. The zero-order valence-corrected chi connectivity index (χ0v) is 8.11. The van der Waals surface area contributed by atoms with Gasteiger partial charge in [0.1, 0.15) is 5.75 Å². The van der Waals surface area contributed by atoms with Crippen LogP contribution in [0, 0.1) is 0 Å². The number of carboxylic acid groups (broad SMARTS) is 1. The van der Waals surface area contributed by atoms with Crippen LogP contribution >= 0.6 is 0 Å². The molecule has 76 valence electrons. The summed E-state index contributed by atoms with van der Waals surface area (Å²) in [4.78, 5) is 10.5. The largest absolute Gasteiger partial charge is 0.508 e. The van der Waals surface area contributed by atoms with Gasteiger partial charge in [-0.1, -0.05) is 12.1 Å². The molecule has 0 aromatic heterocycles. The Hall–Kier alpha value is -1.71. The molecule has 0 radical (unpaired) electrons. The Morgan fingerprint density at radius 3 is 2.21 bits per heavy atom. The molecule has 0 aliphatic rings. The van der Waals surface area contributed by atoms with Gasteiger partial charge < -0.3 is 15.5 Å². The molecule has 1 aromatic carbocycles. The van der Waals surface area contributed by atoms with Gasteiger partial charge in [-0.05, 0) is 31.5 Å². The Labute approximate surface area is 82.2 Å². The van der Waals surface area contributed by atoms with Crippen LogP contribution in [0.1, 0.15) is 19.4 Å². The first kappa shape index (κ1) is 10.4. The Morgan fingerprint density at radius 1 is 1.29 bits per heavy atom. The SMILES string of the molecule is CC(C)(NC(=O)O)c1ccc(O)cc1. The van der Waals surface area contributed by atoms with Gasteiger partial charge in [-0.25, -0.2) is 4.79 Å². The van der Waals surface area contributed by atoms with Crippen molar-refractivity contribution in [1.29, 1.82) is 0 Å². The summed E-state index contributed by atoms with van der Waals surface area (Å²) in [6.07, 6.45) is -1.07. The monoisotopic (exact) mass is 195 g/mol. The number of carbonyl (C=O) groups is 1. The average Bonchev–Trinajstić information content (AvgIpc) is 2.02. The lowest BCUT2D eigenvalue weighted by molar-refractivity contribution is 0.182. The highest BCUT2D eigenvalue weighted by Crippen LogP contribution is 2.21. The maximum atomic E-state index is 10.5. The van der Waals surface area contributed by atoms with E-state index in [-0.39, 0.29) is 5.75 Å². The van der Waals surface area contributed by atoms with E-state index in [1.54, 1.807) is 26.0 Å². The fourth-order valence-corrected chi connectivity index (χ4v) is 1.22. The maximum Gasteiger partial charge on any atom is 0.405 e. The molecule has 0 unspecified atom stereocenters. The predicted octanol–water partition coefficient (Wildman–Crippen LogP) is 1.89. The lowest BCUT2D eigenvalue weighted by atomic mass is 9.94. The lowest BCUT2D eigenvalue weighted by Crippen LogP contribution is -2.39. The molecule has 4 heteroatoms. The minimum absolute atomic E-state index is 0.167. The van der Waals surface area contributed by atoms with E-state index in [0.717, 1.165) is 5.56 Å². The predicted molar refractivity (Wildman–Crippen MR) is 52.3 cm³/mol. The summed E-state index contributed by atoms with van der Waals surface area (Å²) in [7, 11) is 0. The second-order valence-electron chi connectivity index (χ2n) is 3.60. The van der Waals surface area contributed by atoms with Crippen LogP contribution < -0.4 is 5.32 Å². The first-order valence-corrected chi connectivity index (χ1v) is 4.22. The summed E-state index contributed by atoms with van der Waals surface area (Å²) in [6.45, 7) is 3.51. The van der Waals surface area contributed by atoms with Gasteiger partial charge in [-0.2, -0.15) is 0 Å². The molecule has 0 bridgehead atoms. The van der Waals surface area contributed by atoms with Gasteiger partial charge in [-0.3, -0.25) is 0 Å². The van der Waals surface area contributed by atoms with E-state index < -0.39 is 11.6 Å². The number of hydrogen-bond donors (Lipinski definition) is 3. The van der Waals surface area contributed by atoms with E-state index in [9.17, 15) is 4.79 Å². The van der Waals surface area contributed by atoms with Crippen LogP contribution in [0.2, 0.25) is 0 Å². The van der Waals surface area contributed by atoms with Crippen molar-refractivity contribution >= 4 is 6.09 Å². The van der Waals surface area contributed by atoms with Crippen LogP contribution in [-0.2, 0) is 5.54 Å². The average molecular weight is 195 g/mol. The van der Waals surface area contributed by atoms with Crippen LogP contribution in [0.5, 0.6) is 5.75 Å². The number of aromatic hydroxyl groups is 1. The number of hydrogen-bond acceptors (Lipinski definition) is 2. The number of rotatable bonds is 2. The molecule has 1 aromatic rings. The van der Waals surface area contributed by atoms with Crippen LogP contribution in [0.15, 0.2) is 24.3 Å². The van der Waals surface area contributed by atoms with E-state index in [4.69, 9.17) is 10.2 Å². The number of nitrogens with one attached hydrogen (secondary N) is 1. The molecule has 4 nitrogen and oxygen atoms in total. The molecule has 0 saturated heterocycles. The third kappa shape index (κ3) is 2.39. The second-order valence-corrected chi connectivity index (χ2v) is 3.60. The van der Waals surface area contributed by atoms with Gasteiger partial charge in [0.15, 0.2) is 0 Å². The number of benzene rings is 1. The molecule has 0 aliphatic heterocycles. The van der Waals surface area contributed by atoms with Gasteiger partial charge in [0, 0.05) is 0 Å². The topological polar surface area (TPSA) is 69.6 Å². The van der Waals surface area contributed by atoms with Crippen LogP contribution in [-0.4, -0.2) is 16.3 Å². The summed E-state index contributed by atoms with van der Waals surface area (Å²) < 4.78 is 0. The highest BCUT2D eigenvalue weighted by molar-refractivity contribution is 5.66. The smallest absolute Gasteiger partial charge is 0.405 e. The zero-order valence-electron chi connectivity index (χ0n) is 8.11. The van der Waals surface area contributed by atoms with Crippen molar-refractivity contribution in [2.45, 2.75) is 19.4 Å². The molecule has 0 spiro atoms. The Bertz CT molecular complexity index is 330. The Kier molecular flexibility index (Phi) is 2.65. The third-order valence-corrected chi connectivity index (χ3v) is 2.01. The fraction of sp³-hybridized carbons (Fsp3) is 0.300. The molecule has 0 atom stereocenters. The molecule has 1 rings (SSSR count). The van der Waals surface area contributed by atoms with Crippen molar-refractivity contribution in [3.8, 4) is 5.75 Å². The van der Waals surface area contributed by atoms with Gasteiger partial charge in [0.2, 0.25) is 0 Å². The van der Waals surface area contributed by atoms with Gasteiger partial charge in [0.05, 0.1) is 5.54 Å². The first-order chi connectivity index (χ1) is 6.42. The number of phenols is 1. The van der Waals surface area contributed by atoms with Crippen molar-refractivity contribution in [2.75, 3.05) is 0 Å². The van der Waals surface area contributed by atoms with Crippen LogP contribution in [0.25, 0.3) is 0 Å². The molecule has 0 fully saturated rings. The van der Waals surface area contributed by atoms with Crippen LogP contribution in [0.3, 0.4) is 0 Å². The zero-order chi connectivity index (χ0) is 10.8. The van der Waals surface area contributed by atoms with Crippen molar-refractivity contribution in [2.24, 2.45) is 0 Å². The molecule has 14 heavy (non-hydrogen) atoms. The van der Waals surface area contributed by atoms with E-state index in [2.05, 4.69) is 5.32 Å². The lowest BCUT2D eigenvalue weighted by Gasteiger charge is -2.25. The van der Waals surface area contributed by atoms with E-state index in [1.165, 1.54) is 12.1 Å². The standard InChI is InChI=1S/C10H13NO3/c1-10(2,11-9(13)14)7-3-5-8(12)6-4-7/h3-6,11-12H,1-2H3,(H,13,14). The molecule has 1 amide bonds. The third-order valence-electron chi connectivity index (χ3n) is 2.01. The second kappa shape index (κ2) is 3.57. The van der Waals surface area contributed by atoms with Crippen LogP contribution in [0.4, 0.5) is 4.79 Å². The molecule has 0 heterocycles. The summed E-state index contributed by atoms with van der Waals surface area (Å²) in [5.74, 6) is 0.167. The van der Waals surface area contributed by atoms with Crippen molar-refractivity contribution in [3.63, 3.8) is 0 Å². The number of amides is 1. The highest BCUT2D eigenvalue weighted by Gasteiger charge is 2.22. The Morgan fingerprint density at radius 2 is 1.79 bits per heavy atom. The number of phenolic OH excluding ortho intramolecular Hbond substituents is 1. The Balaban J connectivity index is 2.91. The molecular weight excluding hydrogens is 182 g/mol. The fourth-order valence-electron chi connectivity index (χ4n) is 1.22. The molecular formula is C10H13NO3. The summed E-state index contributed by atoms with van der Waals surface area (Å²) in [6, 6.07) is 6.43.